The van der Waals surface area contributed by atoms with E-state index in [1.165, 1.54) is 0 Å². The Kier molecular flexibility index (Phi) is 5.14. The molecule has 0 radical (unpaired) electrons. The van der Waals surface area contributed by atoms with Gasteiger partial charge in [-0.3, -0.25) is 9.59 Å². The van der Waals surface area contributed by atoms with E-state index < -0.39 is 11.9 Å². The van der Waals surface area contributed by atoms with Crippen molar-refractivity contribution in [1.82, 2.24) is 5.32 Å². The van der Waals surface area contributed by atoms with Crippen LogP contribution in [0.5, 0.6) is 0 Å². The van der Waals surface area contributed by atoms with Crippen molar-refractivity contribution < 1.29 is 9.59 Å². The molecule has 2 amide bonds. The summed E-state index contributed by atoms with van der Waals surface area (Å²) < 4.78 is 0.951. The molecule has 4 nitrogen and oxygen atoms in total. The smallest absolute Gasteiger partial charge is 0.252 e. The third kappa shape index (κ3) is 4.06. The van der Waals surface area contributed by atoms with E-state index in [1.54, 1.807) is 6.07 Å². The number of nitrogens with two attached hydrogens (primary N) is 1. The normalized spacial score (nSPS) is 11.9. The van der Waals surface area contributed by atoms with Crippen LogP contribution in [-0.4, -0.2) is 17.9 Å². The topological polar surface area (TPSA) is 72.2 Å². The summed E-state index contributed by atoms with van der Waals surface area (Å²) in [6.07, 6.45) is 0.346. The fourth-order valence-corrected chi connectivity index (χ4v) is 3.00. The molecule has 126 valence electrons. The monoisotopic (exact) mass is 396 g/mol. The third-order valence-electron chi connectivity index (χ3n) is 4.04. The minimum absolute atomic E-state index is 0.308. The van der Waals surface area contributed by atoms with E-state index in [1.807, 2.05) is 60.7 Å². The van der Waals surface area contributed by atoms with Gasteiger partial charge in [0.05, 0.1) is 0 Å². The van der Waals surface area contributed by atoms with Crippen LogP contribution in [-0.2, 0) is 11.2 Å². The van der Waals surface area contributed by atoms with Gasteiger partial charge < -0.3 is 11.1 Å². The van der Waals surface area contributed by atoms with Gasteiger partial charge in [-0.25, -0.2) is 0 Å². The number of nitrogens with one attached hydrogen (secondary N) is 1. The van der Waals surface area contributed by atoms with Crippen LogP contribution in [0.1, 0.15) is 15.9 Å². The van der Waals surface area contributed by atoms with Crippen LogP contribution < -0.4 is 11.1 Å². The molecular formula is C20H17BrN2O2. The molecular weight excluding hydrogens is 380 g/mol. The highest BCUT2D eigenvalue weighted by molar-refractivity contribution is 9.10. The molecule has 0 heterocycles. The molecule has 0 aliphatic heterocycles. The molecule has 0 aliphatic rings. The van der Waals surface area contributed by atoms with Crippen LogP contribution >= 0.6 is 15.9 Å². The molecule has 0 fully saturated rings. The molecule has 25 heavy (non-hydrogen) atoms. The Morgan fingerprint density at radius 3 is 2.36 bits per heavy atom. The standard InChI is InChI=1S/C20H17BrN2O2/c21-15-10-8-13(9-11-15)12-18(19(22)24)23-20(25)17-7-3-5-14-4-1-2-6-16(14)17/h1-11,18H,12H2,(H2,22,24)(H,23,25)/t18-/m0/s1. The van der Waals surface area contributed by atoms with E-state index in [9.17, 15) is 9.59 Å². The molecule has 3 N–H and O–H groups in total. The molecule has 5 heteroatoms. The average molecular weight is 397 g/mol. The van der Waals surface area contributed by atoms with Crippen molar-refractivity contribution >= 4 is 38.5 Å². The summed E-state index contributed by atoms with van der Waals surface area (Å²) in [6, 6.07) is 19.9. The zero-order chi connectivity index (χ0) is 17.8. The van der Waals surface area contributed by atoms with Gasteiger partial charge in [-0.05, 0) is 34.5 Å². The first-order valence-corrected chi connectivity index (χ1v) is 8.66. The summed E-state index contributed by atoms with van der Waals surface area (Å²) in [6.45, 7) is 0. The average Bonchev–Trinajstić information content (AvgIpc) is 2.62. The number of primary amides is 1. The molecule has 0 aliphatic carbocycles. The second kappa shape index (κ2) is 7.49. The molecule has 0 spiro atoms. The van der Waals surface area contributed by atoms with Crippen LogP contribution in [0.15, 0.2) is 71.2 Å². The number of rotatable bonds is 5. The van der Waals surface area contributed by atoms with Crippen molar-refractivity contribution in [3.05, 3.63) is 82.3 Å². The lowest BCUT2D eigenvalue weighted by Crippen LogP contribution is -2.45. The number of fused-ring (bicyclic) bond motifs is 1. The number of halogens is 1. The van der Waals surface area contributed by atoms with Crippen LogP contribution in [0.3, 0.4) is 0 Å². The molecule has 3 aromatic rings. The van der Waals surface area contributed by atoms with E-state index in [2.05, 4.69) is 21.2 Å². The highest BCUT2D eigenvalue weighted by Crippen LogP contribution is 2.19. The van der Waals surface area contributed by atoms with Gasteiger partial charge in [0.2, 0.25) is 5.91 Å². The quantitative estimate of drug-likeness (QED) is 0.693. The fourth-order valence-electron chi connectivity index (χ4n) is 2.74. The number of amides is 2. The molecule has 0 saturated carbocycles. The van der Waals surface area contributed by atoms with Crippen LogP contribution in [0.25, 0.3) is 10.8 Å². The van der Waals surface area contributed by atoms with Gasteiger partial charge in [0.15, 0.2) is 0 Å². The van der Waals surface area contributed by atoms with Crippen LogP contribution in [0.2, 0.25) is 0 Å². The Bertz CT molecular complexity index is 917. The van der Waals surface area contributed by atoms with E-state index in [0.29, 0.717) is 12.0 Å². The number of benzene rings is 3. The predicted molar refractivity (Wildman–Crippen MR) is 102 cm³/mol. The number of hydrogen-bond donors (Lipinski definition) is 2. The Hall–Kier alpha value is -2.66. The van der Waals surface area contributed by atoms with Crippen molar-refractivity contribution in [2.24, 2.45) is 5.73 Å². The van der Waals surface area contributed by atoms with Crippen molar-refractivity contribution in [2.75, 3.05) is 0 Å². The van der Waals surface area contributed by atoms with Gasteiger partial charge in [-0.1, -0.05) is 64.5 Å². The molecule has 0 unspecified atom stereocenters. The largest absolute Gasteiger partial charge is 0.368 e. The number of hydrogen-bond acceptors (Lipinski definition) is 2. The van der Waals surface area contributed by atoms with Crippen LogP contribution in [0.4, 0.5) is 0 Å². The molecule has 3 rings (SSSR count). The summed E-state index contributed by atoms with van der Waals surface area (Å²) in [5.74, 6) is -0.866. The molecule has 0 bridgehead atoms. The Morgan fingerprint density at radius 1 is 0.960 bits per heavy atom. The minimum atomic E-state index is -0.771. The lowest BCUT2D eigenvalue weighted by atomic mass is 10.0. The first-order valence-electron chi connectivity index (χ1n) is 7.87. The highest BCUT2D eigenvalue weighted by atomic mass is 79.9. The van der Waals surface area contributed by atoms with Gasteiger partial charge in [-0.2, -0.15) is 0 Å². The summed E-state index contributed by atoms with van der Waals surface area (Å²) in [5.41, 5.74) is 6.94. The second-order valence-electron chi connectivity index (χ2n) is 5.79. The first-order chi connectivity index (χ1) is 12.0. The fraction of sp³-hybridized carbons (Fsp3) is 0.100. The predicted octanol–water partition coefficient (Wildman–Crippen LogP) is 3.43. The van der Waals surface area contributed by atoms with Crippen molar-refractivity contribution in [3.63, 3.8) is 0 Å². The molecule has 1 atom stereocenters. The van der Waals surface area contributed by atoms with Gasteiger partial charge in [0.25, 0.3) is 5.91 Å². The summed E-state index contributed by atoms with van der Waals surface area (Å²) in [4.78, 5) is 24.5. The maximum atomic E-state index is 12.7. The summed E-state index contributed by atoms with van der Waals surface area (Å²) in [7, 11) is 0. The Labute approximate surface area is 154 Å². The molecule has 3 aromatic carbocycles. The van der Waals surface area contributed by atoms with Crippen molar-refractivity contribution in [3.8, 4) is 0 Å². The number of carbonyl (C=O) groups is 2. The van der Waals surface area contributed by atoms with Gasteiger partial charge in [0.1, 0.15) is 6.04 Å². The summed E-state index contributed by atoms with van der Waals surface area (Å²) >= 11 is 3.37. The molecule has 0 saturated heterocycles. The van der Waals surface area contributed by atoms with Gasteiger partial charge >= 0.3 is 0 Å². The van der Waals surface area contributed by atoms with Crippen LogP contribution in [0, 0.1) is 0 Å². The maximum Gasteiger partial charge on any atom is 0.252 e. The number of carbonyl (C=O) groups excluding carboxylic acids is 2. The van der Waals surface area contributed by atoms with Crippen molar-refractivity contribution in [2.45, 2.75) is 12.5 Å². The molecule has 0 aromatic heterocycles. The Morgan fingerprint density at radius 2 is 1.64 bits per heavy atom. The maximum absolute atomic E-state index is 12.7. The third-order valence-corrected chi connectivity index (χ3v) is 4.56. The SMILES string of the molecule is NC(=O)[C@H](Cc1ccc(Br)cc1)NC(=O)c1cccc2ccccc12. The first kappa shape index (κ1) is 17.2. The van der Waals surface area contributed by atoms with Gasteiger partial charge in [0, 0.05) is 16.5 Å². The van der Waals surface area contributed by atoms with E-state index in [-0.39, 0.29) is 5.91 Å². The lowest BCUT2D eigenvalue weighted by molar-refractivity contribution is -0.119. The zero-order valence-electron chi connectivity index (χ0n) is 13.4. The van der Waals surface area contributed by atoms with Crippen molar-refractivity contribution in [1.29, 1.82) is 0 Å². The van der Waals surface area contributed by atoms with E-state index >= 15 is 0 Å². The zero-order valence-corrected chi connectivity index (χ0v) is 15.0. The highest BCUT2D eigenvalue weighted by Gasteiger charge is 2.20. The minimum Gasteiger partial charge on any atom is -0.368 e. The van der Waals surface area contributed by atoms with E-state index in [0.717, 1.165) is 20.8 Å². The van der Waals surface area contributed by atoms with Gasteiger partial charge in [-0.15, -0.1) is 0 Å². The lowest BCUT2D eigenvalue weighted by Gasteiger charge is -2.16. The van der Waals surface area contributed by atoms with E-state index in [4.69, 9.17) is 5.73 Å². The Balaban J connectivity index is 1.83. The second-order valence-corrected chi connectivity index (χ2v) is 6.70. The summed E-state index contributed by atoms with van der Waals surface area (Å²) in [5, 5.41) is 4.58.